The number of ether oxygens (including phenoxy) is 2. The van der Waals surface area contributed by atoms with E-state index in [1.165, 1.54) is 51.0 Å². The van der Waals surface area contributed by atoms with Crippen LogP contribution in [0.3, 0.4) is 0 Å². The fraction of sp³-hybridized carbons (Fsp3) is 0.960. The predicted molar refractivity (Wildman–Crippen MR) is 134 cm³/mol. The third-order valence-electron chi connectivity index (χ3n) is 6.10. The molecule has 0 aromatic carbocycles. The molecule has 0 atom stereocenters. The van der Waals surface area contributed by atoms with Gasteiger partial charge >= 0.3 is 0 Å². The first-order valence-corrected chi connectivity index (χ1v) is 14.8. The maximum atomic E-state index is 12.4. The van der Waals surface area contributed by atoms with Gasteiger partial charge in [0.2, 0.25) is 5.91 Å². The first-order valence-electron chi connectivity index (χ1n) is 13.0. The lowest BCUT2D eigenvalue weighted by Gasteiger charge is -2.46. The van der Waals surface area contributed by atoms with Crippen LogP contribution >= 0.6 is 0 Å². The van der Waals surface area contributed by atoms with Crippen LogP contribution in [0.15, 0.2) is 0 Å². The molecule has 0 saturated carbocycles. The average Bonchev–Trinajstić information content (AvgIpc) is 2.63. The summed E-state index contributed by atoms with van der Waals surface area (Å²) in [4.78, 5) is 12.4. The molecule has 0 bridgehead atoms. The van der Waals surface area contributed by atoms with Crippen molar-refractivity contribution >= 4 is 15.4 Å². The molecule has 0 aromatic heterocycles. The quantitative estimate of drug-likeness (QED) is 0.186. The smallest absolute Gasteiger partial charge is 0.220 e. The topological polar surface area (TPSA) is 59.6 Å². The number of hydrogen-bond donors (Lipinski definition) is 2. The molecular formula is C25H52N2O3Si. The van der Waals surface area contributed by atoms with Crippen LogP contribution in [0.2, 0.25) is 6.04 Å². The van der Waals surface area contributed by atoms with Gasteiger partial charge in [0.15, 0.2) is 0 Å². The highest BCUT2D eigenvalue weighted by molar-refractivity contribution is 6.36. The zero-order valence-corrected chi connectivity index (χ0v) is 22.9. The number of rotatable bonds is 17. The molecule has 0 radical (unpaired) electrons. The molecule has 1 aliphatic rings. The van der Waals surface area contributed by atoms with Crippen LogP contribution in [0.1, 0.15) is 112 Å². The highest BCUT2D eigenvalue weighted by atomic mass is 28.2. The molecule has 0 aliphatic carbocycles. The maximum Gasteiger partial charge on any atom is 0.220 e. The van der Waals surface area contributed by atoms with Crippen LogP contribution < -0.4 is 10.6 Å². The Hall–Kier alpha value is -0.433. The van der Waals surface area contributed by atoms with E-state index in [2.05, 4.69) is 38.3 Å². The van der Waals surface area contributed by atoms with Gasteiger partial charge in [-0.15, -0.1) is 0 Å². The summed E-state index contributed by atoms with van der Waals surface area (Å²) in [7, 11) is -0.264. The predicted octanol–water partition coefficient (Wildman–Crippen LogP) is 4.87. The van der Waals surface area contributed by atoms with Gasteiger partial charge in [0, 0.05) is 36.8 Å². The summed E-state index contributed by atoms with van der Waals surface area (Å²) in [6, 6.07) is 1.62. The Bertz CT molecular complexity index is 463. The zero-order valence-electron chi connectivity index (χ0n) is 21.5. The average molecular weight is 457 g/mol. The van der Waals surface area contributed by atoms with Gasteiger partial charge in [0.1, 0.15) is 5.91 Å². The molecule has 0 unspecified atom stereocenters. The molecule has 1 fully saturated rings. The van der Waals surface area contributed by atoms with E-state index in [4.69, 9.17) is 9.47 Å². The second-order valence-corrected chi connectivity index (χ2v) is 12.6. The van der Waals surface area contributed by atoms with Gasteiger partial charge in [0.05, 0.1) is 9.52 Å². The van der Waals surface area contributed by atoms with Crippen molar-refractivity contribution in [3.8, 4) is 0 Å². The molecule has 1 saturated heterocycles. The third-order valence-corrected chi connectivity index (χ3v) is 7.96. The van der Waals surface area contributed by atoms with E-state index in [1.54, 1.807) is 0 Å². The molecule has 5 nitrogen and oxygen atoms in total. The Labute approximate surface area is 195 Å². The number of piperidine rings is 1. The summed E-state index contributed by atoms with van der Waals surface area (Å²) in [5, 5.41) is 6.97. The highest BCUT2D eigenvalue weighted by Gasteiger charge is 2.37. The van der Waals surface area contributed by atoms with Gasteiger partial charge in [-0.2, -0.15) is 0 Å². The standard InChI is InChI=1S/C25H52N2O3Si/c1-7-29-23(30-8-2)31-18-16-14-12-10-9-11-13-15-17-22(28)26-21-19-24(3,4)27-25(5,6)20-21/h21,23,27H,7-20,31H2,1-6H3,(H,26,28). The molecule has 0 aromatic rings. The normalized spacial score (nSPS) is 18.8. The van der Waals surface area contributed by atoms with Gasteiger partial charge in [-0.3, -0.25) is 4.79 Å². The number of nitrogens with one attached hydrogen (secondary N) is 2. The molecule has 6 heteroatoms. The lowest BCUT2D eigenvalue weighted by molar-refractivity contribution is -0.122. The molecule has 1 rings (SSSR count). The van der Waals surface area contributed by atoms with Crippen LogP contribution in [0, 0.1) is 0 Å². The van der Waals surface area contributed by atoms with Crippen LogP contribution in [-0.4, -0.2) is 51.7 Å². The highest BCUT2D eigenvalue weighted by Crippen LogP contribution is 2.28. The van der Waals surface area contributed by atoms with E-state index in [9.17, 15) is 4.79 Å². The Morgan fingerprint density at radius 3 is 1.90 bits per heavy atom. The van der Waals surface area contributed by atoms with Gasteiger partial charge in [0.25, 0.3) is 0 Å². The number of unbranched alkanes of at least 4 members (excludes halogenated alkanes) is 7. The summed E-state index contributed by atoms with van der Waals surface area (Å²) >= 11 is 0. The second-order valence-electron chi connectivity index (χ2n) is 10.6. The lowest BCUT2D eigenvalue weighted by Crippen LogP contribution is -2.62. The summed E-state index contributed by atoms with van der Waals surface area (Å²) < 4.78 is 11.3. The van der Waals surface area contributed by atoms with Crippen molar-refractivity contribution in [3.63, 3.8) is 0 Å². The molecule has 1 heterocycles. The van der Waals surface area contributed by atoms with Crippen molar-refractivity contribution in [2.75, 3.05) is 13.2 Å². The Morgan fingerprint density at radius 2 is 1.39 bits per heavy atom. The Morgan fingerprint density at radius 1 is 0.903 bits per heavy atom. The molecule has 2 N–H and O–H groups in total. The van der Waals surface area contributed by atoms with Gasteiger partial charge < -0.3 is 20.1 Å². The van der Waals surface area contributed by atoms with Crippen LogP contribution in [0.5, 0.6) is 0 Å². The maximum absolute atomic E-state index is 12.4. The van der Waals surface area contributed by atoms with E-state index in [-0.39, 0.29) is 32.4 Å². The van der Waals surface area contributed by atoms with Gasteiger partial charge in [-0.25, -0.2) is 0 Å². The summed E-state index contributed by atoms with van der Waals surface area (Å²) in [6.07, 6.45) is 12.8. The van der Waals surface area contributed by atoms with Gasteiger partial charge in [-0.1, -0.05) is 51.0 Å². The van der Waals surface area contributed by atoms with Gasteiger partial charge in [-0.05, 0) is 60.8 Å². The SMILES string of the molecule is CCOC(OCC)[SiH2]CCCCCCCCCCC(=O)NC1CC(C)(C)NC(C)(C)C1. The number of amides is 1. The third kappa shape index (κ3) is 14.4. The minimum absolute atomic E-state index is 0.0795. The van der Waals surface area contributed by atoms with Crippen molar-refractivity contribution in [2.24, 2.45) is 0 Å². The van der Waals surface area contributed by atoms with E-state index in [0.29, 0.717) is 12.5 Å². The molecule has 1 amide bonds. The van der Waals surface area contributed by atoms with Crippen molar-refractivity contribution in [2.45, 2.75) is 141 Å². The first kappa shape index (κ1) is 28.6. The van der Waals surface area contributed by atoms with E-state index in [1.807, 2.05) is 13.8 Å². The van der Waals surface area contributed by atoms with Crippen LogP contribution in [-0.2, 0) is 14.3 Å². The largest absolute Gasteiger partial charge is 0.357 e. The monoisotopic (exact) mass is 456 g/mol. The minimum Gasteiger partial charge on any atom is -0.357 e. The molecule has 31 heavy (non-hydrogen) atoms. The molecule has 0 spiro atoms. The second kappa shape index (κ2) is 15.4. The summed E-state index contributed by atoms with van der Waals surface area (Å²) in [5.74, 6) is 0.361. The van der Waals surface area contributed by atoms with Crippen molar-refractivity contribution in [3.05, 3.63) is 0 Å². The first-order chi connectivity index (χ1) is 14.7. The van der Waals surface area contributed by atoms with Crippen LogP contribution in [0.4, 0.5) is 0 Å². The Balaban J connectivity index is 1.97. The lowest BCUT2D eigenvalue weighted by atomic mass is 9.79. The summed E-state index contributed by atoms with van der Waals surface area (Å²) in [5.41, 5.74) is 0.159. The minimum atomic E-state index is -0.264. The fourth-order valence-corrected chi connectivity index (χ4v) is 6.93. The van der Waals surface area contributed by atoms with Crippen molar-refractivity contribution in [1.29, 1.82) is 0 Å². The van der Waals surface area contributed by atoms with Crippen molar-refractivity contribution in [1.82, 2.24) is 10.6 Å². The molecule has 1 aliphatic heterocycles. The number of carbonyl (C=O) groups is 1. The van der Waals surface area contributed by atoms with E-state index in [0.717, 1.165) is 32.5 Å². The van der Waals surface area contributed by atoms with E-state index < -0.39 is 0 Å². The van der Waals surface area contributed by atoms with E-state index >= 15 is 0 Å². The zero-order chi connectivity index (χ0) is 23.2. The molecular weight excluding hydrogens is 404 g/mol. The number of hydrogen-bond acceptors (Lipinski definition) is 4. The number of carbonyl (C=O) groups excluding carboxylic acids is 1. The Kier molecular flexibility index (Phi) is 14.2. The summed E-state index contributed by atoms with van der Waals surface area (Å²) in [6.45, 7) is 14.5. The molecule has 184 valence electrons. The van der Waals surface area contributed by atoms with Crippen LogP contribution in [0.25, 0.3) is 0 Å². The fourth-order valence-electron chi connectivity index (χ4n) is 5.14. The van der Waals surface area contributed by atoms with Crippen molar-refractivity contribution < 1.29 is 14.3 Å².